The van der Waals surface area contributed by atoms with Crippen LogP contribution in [0.2, 0.25) is 0 Å². The third-order valence-corrected chi connectivity index (χ3v) is 3.72. The minimum atomic E-state index is -0.963. The van der Waals surface area contributed by atoms with Crippen molar-refractivity contribution < 1.29 is 9.90 Å². The molecule has 0 amide bonds. The molecular formula is C15H15N3O2. The molecule has 0 fully saturated rings. The molecule has 0 radical (unpaired) electrons. The van der Waals surface area contributed by atoms with Crippen LogP contribution in [0.15, 0.2) is 30.5 Å². The van der Waals surface area contributed by atoms with Crippen molar-refractivity contribution in [2.45, 2.75) is 6.92 Å². The van der Waals surface area contributed by atoms with Gasteiger partial charge in [0.05, 0.1) is 17.6 Å². The fourth-order valence-electron chi connectivity index (χ4n) is 2.63. The van der Waals surface area contributed by atoms with Crippen molar-refractivity contribution in [3.05, 3.63) is 41.6 Å². The quantitative estimate of drug-likeness (QED) is 0.778. The average molecular weight is 269 g/mol. The van der Waals surface area contributed by atoms with Crippen LogP contribution in [-0.4, -0.2) is 25.4 Å². The molecular weight excluding hydrogens is 254 g/mol. The molecule has 102 valence electrons. The van der Waals surface area contributed by atoms with Gasteiger partial charge in [0.1, 0.15) is 5.56 Å². The molecule has 0 aliphatic carbocycles. The molecule has 2 aromatic heterocycles. The van der Waals surface area contributed by atoms with Crippen LogP contribution >= 0.6 is 0 Å². The Morgan fingerprint density at radius 3 is 2.70 bits per heavy atom. The Hall–Kier alpha value is -2.56. The first-order valence-electron chi connectivity index (χ1n) is 6.31. The third kappa shape index (κ3) is 1.63. The molecule has 0 spiro atoms. The van der Waals surface area contributed by atoms with Crippen molar-refractivity contribution >= 4 is 16.9 Å². The van der Waals surface area contributed by atoms with Gasteiger partial charge in [-0.25, -0.2) is 4.79 Å². The maximum atomic E-state index is 11.3. The number of aromatic nitrogens is 3. The highest BCUT2D eigenvalue weighted by Crippen LogP contribution is 2.30. The Morgan fingerprint density at radius 1 is 1.30 bits per heavy atom. The van der Waals surface area contributed by atoms with Crippen LogP contribution in [0.5, 0.6) is 0 Å². The number of hydrogen-bond acceptors (Lipinski definition) is 2. The summed E-state index contributed by atoms with van der Waals surface area (Å²) in [6.45, 7) is 2.05. The van der Waals surface area contributed by atoms with Crippen molar-refractivity contribution in [3.8, 4) is 11.4 Å². The summed E-state index contributed by atoms with van der Waals surface area (Å²) in [5.41, 5.74) is 3.94. The minimum Gasteiger partial charge on any atom is -0.478 e. The number of hydrogen-bond donors (Lipinski definition) is 1. The summed E-state index contributed by atoms with van der Waals surface area (Å²) >= 11 is 0. The van der Waals surface area contributed by atoms with Gasteiger partial charge < -0.3 is 9.67 Å². The summed E-state index contributed by atoms with van der Waals surface area (Å²) in [4.78, 5) is 11.3. The summed E-state index contributed by atoms with van der Waals surface area (Å²) in [6.07, 6.45) is 1.39. The third-order valence-electron chi connectivity index (χ3n) is 3.72. The number of benzene rings is 1. The van der Waals surface area contributed by atoms with Crippen LogP contribution in [0.25, 0.3) is 22.3 Å². The molecule has 3 aromatic rings. The molecule has 5 nitrogen and oxygen atoms in total. The molecule has 2 heterocycles. The number of carboxylic acid groups (broad SMARTS) is 1. The molecule has 0 aliphatic rings. The SMILES string of the molecule is Cc1cccc2c1cc(-c1c(C(=O)O)cnn1C)n2C. The number of aryl methyl sites for hydroxylation is 3. The maximum absolute atomic E-state index is 11.3. The van der Waals surface area contributed by atoms with Crippen molar-refractivity contribution in [2.24, 2.45) is 14.1 Å². The summed E-state index contributed by atoms with van der Waals surface area (Å²) in [5, 5.41) is 14.5. The van der Waals surface area contributed by atoms with Crippen LogP contribution in [0.1, 0.15) is 15.9 Å². The second kappa shape index (κ2) is 4.23. The van der Waals surface area contributed by atoms with Crippen LogP contribution in [0.4, 0.5) is 0 Å². The van der Waals surface area contributed by atoms with Crippen LogP contribution in [-0.2, 0) is 14.1 Å². The van der Waals surface area contributed by atoms with E-state index >= 15 is 0 Å². The highest BCUT2D eigenvalue weighted by molar-refractivity contribution is 5.97. The lowest BCUT2D eigenvalue weighted by atomic mass is 10.1. The van der Waals surface area contributed by atoms with E-state index < -0.39 is 5.97 Å². The first-order valence-corrected chi connectivity index (χ1v) is 6.31. The summed E-state index contributed by atoms with van der Waals surface area (Å²) in [5.74, 6) is -0.963. The van der Waals surface area contributed by atoms with E-state index in [1.165, 1.54) is 11.8 Å². The minimum absolute atomic E-state index is 0.219. The second-order valence-electron chi connectivity index (χ2n) is 4.93. The Morgan fingerprint density at radius 2 is 2.05 bits per heavy atom. The van der Waals surface area contributed by atoms with E-state index in [1.54, 1.807) is 11.7 Å². The van der Waals surface area contributed by atoms with E-state index in [0.29, 0.717) is 5.69 Å². The predicted molar refractivity (Wildman–Crippen MR) is 76.8 cm³/mol. The fraction of sp³-hybridized carbons (Fsp3) is 0.200. The van der Waals surface area contributed by atoms with Gasteiger partial charge in [-0.05, 0) is 24.6 Å². The first-order chi connectivity index (χ1) is 9.50. The van der Waals surface area contributed by atoms with Crippen LogP contribution in [0.3, 0.4) is 0 Å². The molecule has 0 saturated carbocycles. The highest BCUT2D eigenvalue weighted by atomic mass is 16.4. The predicted octanol–water partition coefficient (Wildman–Crippen LogP) is 2.59. The molecule has 0 aliphatic heterocycles. The molecule has 0 unspecified atom stereocenters. The molecule has 0 bridgehead atoms. The number of carbonyl (C=O) groups is 1. The Balaban J connectivity index is 2.36. The van der Waals surface area contributed by atoms with E-state index in [0.717, 1.165) is 16.6 Å². The van der Waals surface area contributed by atoms with Gasteiger partial charge in [0.25, 0.3) is 0 Å². The maximum Gasteiger partial charge on any atom is 0.339 e. The molecule has 20 heavy (non-hydrogen) atoms. The van der Waals surface area contributed by atoms with Gasteiger partial charge in [-0.2, -0.15) is 5.10 Å². The van der Waals surface area contributed by atoms with E-state index in [9.17, 15) is 9.90 Å². The zero-order valence-electron chi connectivity index (χ0n) is 11.6. The monoisotopic (exact) mass is 269 g/mol. The van der Waals surface area contributed by atoms with Gasteiger partial charge in [-0.1, -0.05) is 12.1 Å². The zero-order valence-corrected chi connectivity index (χ0v) is 11.6. The number of aromatic carboxylic acids is 1. The van der Waals surface area contributed by atoms with Crippen molar-refractivity contribution in [1.29, 1.82) is 0 Å². The van der Waals surface area contributed by atoms with Crippen molar-refractivity contribution in [2.75, 3.05) is 0 Å². The number of rotatable bonds is 2. The summed E-state index contributed by atoms with van der Waals surface area (Å²) in [7, 11) is 3.70. The lowest BCUT2D eigenvalue weighted by molar-refractivity contribution is 0.0697. The highest BCUT2D eigenvalue weighted by Gasteiger charge is 2.20. The van der Waals surface area contributed by atoms with Crippen molar-refractivity contribution in [3.63, 3.8) is 0 Å². The fourth-order valence-corrected chi connectivity index (χ4v) is 2.63. The second-order valence-corrected chi connectivity index (χ2v) is 4.93. The van der Waals surface area contributed by atoms with Gasteiger partial charge in [0.2, 0.25) is 0 Å². The lowest BCUT2D eigenvalue weighted by Gasteiger charge is -2.06. The Kier molecular flexibility index (Phi) is 2.64. The van der Waals surface area contributed by atoms with Gasteiger partial charge in [-0.15, -0.1) is 0 Å². The molecule has 1 aromatic carbocycles. The van der Waals surface area contributed by atoms with Gasteiger partial charge in [0, 0.05) is 25.0 Å². The summed E-state index contributed by atoms with van der Waals surface area (Å²) < 4.78 is 3.61. The van der Waals surface area contributed by atoms with E-state index in [-0.39, 0.29) is 5.56 Å². The van der Waals surface area contributed by atoms with E-state index in [4.69, 9.17) is 0 Å². The van der Waals surface area contributed by atoms with Gasteiger partial charge >= 0.3 is 5.97 Å². The van der Waals surface area contributed by atoms with Crippen LogP contribution < -0.4 is 0 Å². The number of nitrogens with zero attached hydrogens (tertiary/aromatic N) is 3. The van der Waals surface area contributed by atoms with Gasteiger partial charge in [0.15, 0.2) is 0 Å². The Bertz CT molecular complexity index is 827. The smallest absolute Gasteiger partial charge is 0.339 e. The molecule has 0 saturated heterocycles. The zero-order chi connectivity index (χ0) is 14.4. The largest absolute Gasteiger partial charge is 0.478 e. The molecule has 0 atom stereocenters. The number of fused-ring (bicyclic) bond motifs is 1. The normalized spacial score (nSPS) is 11.2. The lowest BCUT2D eigenvalue weighted by Crippen LogP contribution is -2.03. The van der Waals surface area contributed by atoms with Crippen LogP contribution in [0, 0.1) is 6.92 Å². The Labute approximate surface area is 116 Å². The molecule has 1 N–H and O–H groups in total. The number of carboxylic acids is 1. The standard InChI is InChI=1S/C15H15N3O2/c1-9-5-4-6-12-10(9)7-13(17(12)2)14-11(15(19)20)8-16-18(14)3/h4-8H,1-3H3,(H,19,20). The molecule has 5 heteroatoms. The molecule has 3 rings (SSSR count). The summed E-state index contributed by atoms with van der Waals surface area (Å²) in [6, 6.07) is 8.10. The van der Waals surface area contributed by atoms with Crippen molar-refractivity contribution in [1.82, 2.24) is 14.3 Å². The van der Waals surface area contributed by atoms with Gasteiger partial charge in [-0.3, -0.25) is 4.68 Å². The topological polar surface area (TPSA) is 60.0 Å². The average Bonchev–Trinajstić information content (AvgIpc) is 2.92. The first kappa shape index (κ1) is 12.5. The van der Waals surface area contributed by atoms with E-state index in [2.05, 4.69) is 5.10 Å². The van der Waals surface area contributed by atoms with E-state index in [1.807, 2.05) is 42.8 Å².